The molecule has 3 rings (SSSR count). The second-order valence-electron chi connectivity index (χ2n) is 17.5. The molecule has 1 aromatic rings. The van der Waals surface area contributed by atoms with Crippen LogP contribution in [0.3, 0.4) is 0 Å². The predicted molar refractivity (Wildman–Crippen MR) is 225 cm³/mol. The molecule has 1 heterocycles. The van der Waals surface area contributed by atoms with Gasteiger partial charge < -0.3 is 40.7 Å². The molecular weight excluding hydrogens is 757 g/mol. The molecule has 1 saturated carbocycles. The number of primary amides is 1. The summed E-state index contributed by atoms with van der Waals surface area (Å²) in [4.78, 5) is 85.3. The summed E-state index contributed by atoms with van der Waals surface area (Å²) in [5.74, 6) is -4.09. The van der Waals surface area contributed by atoms with E-state index in [1.807, 2.05) is 76.8 Å². The van der Waals surface area contributed by atoms with Crippen LogP contribution in [-0.4, -0.2) is 139 Å². The van der Waals surface area contributed by atoms with Crippen molar-refractivity contribution in [2.45, 2.75) is 141 Å². The zero-order valence-corrected chi connectivity index (χ0v) is 37.2. The number of likely N-dealkylation sites (tertiary alicyclic amines) is 1. The summed E-state index contributed by atoms with van der Waals surface area (Å²) in [6.07, 6.45) is 1.39. The van der Waals surface area contributed by atoms with Crippen LogP contribution in [0.4, 0.5) is 0 Å². The van der Waals surface area contributed by atoms with E-state index >= 15 is 0 Å². The summed E-state index contributed by atoms with van der Waals surface area (Å²) in [6, 6.07) is 7.08. The second kappa shape index (κ2) is 22.0. The number of carboxylic acids is 1. The number of carbonyl (C=O) groups is 6. The van der Waals surface area contributed by atoms with E-state index in [0.717, 1.165) is 5.56 Å². The Morgan fingerprint density at radius 1 is 0.966 bits per heavy atom. The molecule has 59 heavy (non-hydrogen) atoms. The number of amides is 5. The quantitative estimate of drug-likeness (QED) is 0.120. The number of benzene rings is 1. The third kappa shape index (κ3) is 12.0. The molecule has 5 amide bonds. The van der Waals surface area contributed by atoms with Crippen molar-refractivity contribution in [1.82, 2.24) is 25.3 Å². The summed E-state index contributed by atoms with van der Waals surface area (Å²) in [5.41, 5.74) is 5.58. The van der Waals surface area contributed by atoms with Crippen LogP contribution in [0.25, 0.3) is 0 Å². The predicted octanol–water partition coefficient (Wildman–Crippen LogP) is 3.40. The number of ether oxygens (including phenoxy) is 2. The van der Waals surface area contributed by atoms with Crippen molar-refractivity contribution < 1.29 is 43.3 Å². The van der Waals surface area contributed by atoms with Gasteiger partial charge in [0.05, 0.1) is 42.7 Å². The van der Waals surface area contributed by atoms with E-state index in [1.165, 1.54) is 14.2 Å². The standard InChI is InChI=1S/C44H72N6O9/c1-12-28(6)38(49(9)42(56)36(26(2)3)46-41(55)37(27(4)5)48(8)22-17-21-35(52)53)33(58-10)24-34(51)50-23-16-20-32(50)39(59-11)29(7)40(54)47-44(43(45)57)25-31(44)30-18-14-13-15-19-30/h13-15,18-19,26-29,31-33,36-39H,12,16-17,20-25H2,1-11H3,(H2,45,57)(H,46,55)(H,47,54)(H,52,53)/t28-,29+,31+,32-,33+,36-,37-,38-,39+,44-/m0/s1. The average molecular weight is 829 g/mol. The number of hydrogen-bond donors (Lipinski definition) is 4. The van der Waals surface area contributed by atoms with E-state index in [9.17, 15) is 28.8 Å². The number of nitrogens with one attached hydrogen (secondary N) is 2. The number of carboxylic acid groups (broad SMARTS) is 1. The van der Waals surface area contributed by atoms with Crippen molar-refractivity contribution in [1.29, 1.82) is 0 Å². The molecule has 15 nitrogen and oxygen atoms in total. The number of likely N-dealkylation sites (N-methyl/N-ethyl adjacent to an activating group) is 2. The summed E-state index contributed by atoms with van der Waals surface area (Å²) >= 11 is 0. The number of nitrogens with zero attached hydrogens (tertiary/aromatic N) is 3. The highest BCUT2D eigenvalue weighted by Gasteiger charge is 2.61. The first-order valence-corrected chi connectivity index (χ1v) is 21.3. The van der Waals surface area contributed by atoms with E-state index in [0.29, 0.717) is 45.2 Å². The SMILES string of the molecule is CC[C@H](C)[C@@H]([C@@H](CC(=O)N1CCC[C@H]1[C@H](OC)[C@@H](C)C(=O)N[C@@]1(C(N)=O)C[C@@H]1c1ccccc1)OC)N(C)C(=O)[C@@H](NC(=O)[C@H](C(C)C)N(C)CCCC(=O)O)C(C)C. The van der Waals surface area contributed by atoms with Gasteiger partial charge in [0.2, 0.25) is 29.5 Å². The highest BCUT2D eigenvalue weighted by molar-refractivity contribution is 5.96. The minimum Gasteiger partial charge on any atom is -0.481 e. The lowest BCUT2D eigenvalue weighted by atomic mass is 9.89. The molecule has 0 bridgehead atoms. The van der Waals surface area contributed by atoms with E-state index in [2.05, 4.69) is 10.6 Å². The van der Waals surface area contributed by atoms with Crippen LogP contribution in [0.5, 0.6) is 0 Å². The first-order chi connectivity index (χ1) is 27.8. The minimum absolute atomic E-state index is 0.00853. The van der Waals surface area contributed by atoms with E-state index in [1.54, 1.807) is 30.8 Å². The Labute approximate surface area is 351 Å². The Kier molecular flexibility index (Phi) is 18.3. The van der Waals surface area contributed by atoms with Gasteiger partial charge in [-0.1, -0.05) is 85.2 Å². The smallest absolute Gasteiger partial charge is 0.303 e. The van der Waals surface area contributed by atoms with Gasteiger partial charge in [0.25, 0.3) is 0 Å². The fourth-order valence-corrected chi connectivity index (χ4v) is 9.06. The summed E-state index contributed by atoms with van der Waals surface area (Å²) in [5, 5.41) is 15.1. The number of methoxy groups -OCH3 is 2. The van der Waals surface area contributed by atoms with Crippen molar-refractivity contribution in [3.8, 4) is 0 Å². The first-order valence-electron chi connectivity index (χ1n) is 21.3. The number of carbonyl (C=O) groups excluding carboxylic acids is 5. The molecule has 1 saturated heterocycles. The highest BCUT2D eigenvalue weighted by atomic mass is 16.5. The summed E-state index contributed by atoms with van der Waals surface area (Å²) in [7, 11) is 6.52. The van der Waals surface area contributed by atoms with Gasteiger partial charge in [0, 0.05) is 40.2 Å². The Hall–Kier alpha value is -4.08. The molecule has 15 heteroatoms. The van der Waals surface area contributed by atoms with Gasteiger partial charge in [0.1, 0.15) is 11.6 Å². The van der Waals surface area contributed by atoms with Gasteiger partial charge in [-0.05, 0) is 62.6 Å². The molecule has 332 valence electrons. The second-order valence-corrected chi connectivity index (χ2v) is 17.5. The van der Waals surface area contributed by atoms with Crippen molar-refractivity contribution >= 4 is 35.5 Å². The molecule has 1 aliphatic heterocycles. The van der Waals surface area contributed by atoms with Gasteiger partial charge in [-0.3, -0.25) is 33.7 Å². The van der Waals surface area contributed by atoms with Crippen LogP contribution < -0.4 is 16.4 Å². The van der Waals surface area contributed by atoms with Gasteiger partial charge in [0.15, 0.2) is 0 Å². The molecule has 2 aliphatic rings. The maximum atomic E-state index is 14.4. The van der Waals surface area contributed by atoms with Crippen LogP contribution in [0.2, 0.25) is 0 Å². The number of hydrogen-bond acceptors (Lipinski definition) is 9. The third-order valence-corrected chi connectivity index (χ3v) is 12.7. The Balaban J connectivity index is 1.78. The van der Waals surface area contributed by atoms with Crippen LogP contribution in [0.1, 0.15) is 105 Å². The Morgan fingerprint density at radius 3 is 2.14 bits per heavy atom. The normalized spacial score (nSPS) is 22.6. The van der Waals surface area contributed by atoms with Gasteiger partial charge >= 0.3 is 5.97 Å². The lowest BCUT2D eigenvalue weighted by Gasteiger charge is -2.41. The molecule has 1 aromatic carbocycles. The topological polar surface area (TPSA) is 201 Å². The zero-order chi connectivity index (χ0) is 44.4. The van der Waals surface area contributed by atoms with Crippen LogP contribution in [-0.2, 0) is 38.2 Å². The fourth-order valence-electron chi connectivity index (χ4n) is 9.06. The fraction of sp³-hybridized carbons (Fsp3) is 0.727. The number of aliphatic carboxylic acids is 1. The number of nitrogens with two attached hydrogens (primary N) is 1. The average Bonchev–Trinajstić information content (AvgIpc) is 3.72. The zero-order valence-electron chi connectivity index (χ0n) is 37.2. The minimum atomic E-state index is -1.19. The lowest BCUT2D eigenvalue weighted by molar-refractivity contribution is -0.148. The molecule has 0 unspecified atom stereocenters. The van der Waals surface area contributed by atoms with Gasteiger partial charge in [-0.2, -0.15) is 0 Å². The third-order valence-electron chi connectivity index (χ3n) is 12.7. The number of rotatable bonds is 24. The molecule has 0 radical (unpaired) electrons. The Morgan fingerprint density at radius 2 is 1.61 bits per heavy atom. The highest BCUT2D eigenvalue weighted by Crippen LogP contribution is 2.51. The molecule has 5 N–H and O–H groups in total. The van der Waals surface area contributed by atoms with Crippen molar-refractivity contribution in [2.24, 2.45) is 29.4 Å². The molecule has 1 aliphatic carbocycles. The Bertz CT molecular complexity index is 1590. The van der Waals surface area contributed by atoms with Crippen molar-refractivity contribution in [3.63, 3.8) is 0 Å². The monoisotopic (exact) mass is 829 g/mol. The molecule has 10 atom stereocenters. The maximum absolute atomic E-state index is 14.4. The van der Waals surface area contributed by atoms with Crippen LogP contribution in [0, 0.1) is 23.7 Å². The van der Waals surface area contributed by atoms with Crippen molar-refractivity contribution in [2.75, 3.05) is 41.4 Å². The largest absolute Gasteiger partial charge is 0.481 e. The molecule has 0 aromatic heterocycles. The van der Waals surface area contributed by atoms with Crippen LogP contribution >= 0.6 is 0 Å². The summed E-state index contributed by atoms with van der Waals surface area (Å²) in [6.45, 7) is 14.2. The van der Waals surface area contributed by atoms with E-state index in [-0.39, 0.29) is 60.1 Å². The molecule has 0 spiro atoms. The summed E-state index contributed by atoms with van der Waals surface area (Å²) < 4.78 is 12.0. The first kappa shape index (κ1) is 49.3. The molecular formula is C44H72N6O9. The lowest BCUT2D eigenvalue weighted by Crippen LogP contribution is -2.60. The van der Waals surface area contributed by atoms with E-state index < -0.39 is 59.7 Å². The molecule has 2 fully saturated rings. The van der Waals surface area contributed by atoms with Crippen LogP contribution in [0.15, 0.2) is 30.3 Å². The maximum Gasteiger partial charge on any atom is 0.303 e. The van der Waals surface area contributed by atoms with Crippen molar-refractivity contribution in [3.05, 3.63) is 35.9 Å². The van der Waals surface area contributed by atoms with E-state index in [4.69, 9.17) is 20.3 Å². The van der Waals surface area contributed by atoms with Gasteiger partial charge in [-0.25, -0.2) is 0 Å². The van der Waals surface area contributed by atoms with Gasteiger partial charge in [-0.15, -0.1) is 0 Å².